The Hall–Kier alpha value is -1.82. The maximum atomic E-state index is 13.3. The Morgan fingerprint density at radius 1 is 0.882 bits per heavy atom. The van der Waals surface area contributed by atoms with Crippen LogP contribution in [0, 0.1) is 28.6 Å². The second kappa shape index (κ2) is 14.1. The monoisotopic (exact) mass is 722 g/mol. The van der Waals surface area contributed by atoms with Crippen molar-refractivity contribution in [3.05, 3.63) is 34.4 Å². The zero-order valence-electron chi connectivity index (χ0n) is 29.5. The largest absolute Gasteiger partial charge is 0.431 e. The first-order valence-corrected chi connectivity index (χ1v) is 18.6. The predicted molar refractivity (Wildman–Crippen MR) is 176 cm³/mol. The van der Waals surface area contributed by atoms with Gasteiger partial charge in [0.1, 0.15) is 49.0 Å². The molecule has 6 aliphatic rings. The molecular weight excluding hydrogens is 668 g/mol. The summed E-state index contributed by atoms with van der Waals surface area (Å²) < 4.78 is 35.3. The van der Waals surface area contributed by atoms with Gasteiger partial charge in [0.15, 0.2) is 12.6 Å². The zero-order chi connectivity index (χ0) is 36.5. The van der Waals surface area contributed by atoms with Crippen molar-refractivity contribution in [2.45, 2.75) is 151 Å². The summed E-state index contributed by atoms with van der Waals surface area (Å²) in [7, 11) is 1.40. The quantitative estimate of drug-likeness (QED) is 0.161. The van der Waals surface area contributed by atoms with Gasteiger partial charge in [0.2, 0.25) is 0 Å². The Bertz CT molecular complexity index is 1430. The van der Waals surface area contributed by atoms with E-state index < -0.39 is 90.1 Å². The van der Waals surface area contributed by atoms with E-state index in [4.69, 9.17) is 28.1 Å². The minimum atomic E-state index is -1.67. The van der Waals surface area contributed by atoms with Crippen molar-refractivity contribution in [1.29, 1.82) is 0 Å². The Balaban J connectivity index is 1.08. The highest BCUT2D eigenvalue weighted by Crippen LogP contribution is 2.70. The Morgan fingerprint density at radius 2 is 1.67 bits per heavy atom. The number of aliphatic hydroxyl groups excluding tert-OH is 5. The summed E-state index contributed by atoms with van der Waals surface area (Å²) in [5.41, 5.74) is -1.46. The highest BCUT2D eigenvalue weighted by atomic mass is 16.8. The summed E-state index contributed by atoms with van der Waals surface area (Å²) in [6.07, 6.45) is -4.11. The Kier molecular flexibility index (Phi) is 10.4. The number of hydrogen-bond acceptors (Lipinski definition) is 14. The fourth-order valence-electron chi connectivity index (χ4n) is 11.4. The van der Waals surface area contributed by atoms with E-state index >= 15 is 0 Å². The highest BCUT2D eigenvalue weighted by molar-refractivity contribution is 5.62. The molecule has 2 saturated heterocycles. The standard InChI is InChI=1S/C37H54O14/c1-18-27(41)31(46-3)32(51-33-30(44)29(43)28(42)25(15-38)50-33)34(48-18)49-21-8-12-36(17-39)20(14-21)5-6-24-23(36)9-11-35(2)22(10-13-37(24,35)45)19-4-7-26(40)47-16-19/h4,7,16-18,20-25,27-34,38,41-45H,5-6,8-15H2,1-3H3/t18-,20-,21-,22+,23-,24+,25+,27-,28+,29-,30+,31+,32-,33-,34-,35+,36+,37-/m0/s1. The molecule has 0 aromatic carbocycles. The lowest BCUT2D eigenvalue weighted by atomic mass is 9.43. The van der Waals surface area contributed by atoms with Gasteiger partial charge in [-0.25, -0.2) is 4.79 Å². The van der Waals surface area contributed by atoms with Gasteiger partial charge in [-0.2, -0.15) is 0 Å². The van der Waals surface area contributed by atoms with Crippen LogP contribution in [0.2, 0.25) is 0 Å². The van der Waals surface area contributed by atoms with Crippen LogP contribution in [-0.4, -0.2) is 124 Å². The minimum absolute atomic E-state index is 0.0122. The lowest BCUT2D eigenvalue weighted by molar-refractivity contribution is -0.372. The van der Waals surface area contributed by atoms with Crippen molar-refractivity contribution < 1.29 is 63.5 Å². The van der Waals surface area contributed by atoms with Crippen molar-refractivity contribution in [2.24, 2.45) is 28.6 Å². The molecule has 6 fully saturated rings. The molecule has 1 aromatic heterocycles. The summed E-state index contributed by atoms with van der Waals surface area (Å²) in [6.45, 7) is 3.21. The maximum Gasteiger partial charge on any atom is 0.335 e. The number of carbonyl (C=O) groups is 1. The van der Waals surface area contributed by atoms with E-state index in [1.807, 2.05) is 6.07 Å². The van der Waals surface area contributed by atoms with Crippen LogP contribution in [-0.2, 0) is 28.5 Å². The van der Waals surface area contributed by atoms with E-state index in [1.54, 1.807) is 6.92 Å². The molecule has 7 rings (SSSR count). The lowest BCUT2D eigenvalue weighted by Gasteiger charge is -2.63. The van der Waals surface area contributed by atoms with Gasteiger partial charge in [-0.1, -0.05) is 6.92 Å². The van der Waals surface area contributed by atoms with Crippen LogP contribution in [0.25, 0.3) is 0 Å². The molecule has 0 spiro atoms. The van der Waals surface area contributed by atoms with E-state index in [0.29, 0.717) is 25.7 Å². The van der Waals surface area contributed by atoms with Gasteiger partial charge >= 0.3 is 5.63 Å². The van der Waals surface area contributed by atoms with Crippen molar-refractivity contribution >= 4 is 6.29 Å². The summed E-state index contributed by atoms with van der Waals surface area (Å²) >= 11 is 0. The van der Waals surface area contributed by atoms with Crippen LogP contribution in [0.3, 0.4) is 0 Å². The topological polar surface area (TPSA) is 215 Å². The Labute approximate surface area is 297 Å². The van der Waals surface area contributed by atoms with Crippen LogP contribution < -0.4 is 5.63 Å². The van der Waals surface area contributed by atoms with Gasteiger partial charge in [0, 0.05) is 24.0 Å². The minimum Gasteiger partial charge on any atom is -0.431 e. The van der Waals surface area contributed by atoms with Gasteiger partial charge in [-0.3, -0.25) is 0 Å². The van der Waals surface area contributed by atoms with E-state index in [9.17, 15) is 40.2 Å². The zero-order valence-corrected chi connectivity index (χ0v) is 29.5. The molecule has 1 aromatic rings. The van der Waals surface area contributed by atoms with E-state index in [2.05, 4.69) is 6.92 Å². The summed E-state index contributed by atoms with van der Waals surface area (Å²) in [4.78, 5) is 24.9. The number of carbonyl (C=O) groups excluding carboxylic acids is 1. The first-order valence-electron chi connectivity index (χ1n) is 18.6. The fraction of sp³-hybridized carbons (Fsp3) is 0.838. The average Bonchev–Trinajstić information content (AvgIpc) is 3.41. The van der Waals surface area contributed by atoms with Crippen molar-refractivity contribution in [1.82, 2.24) is 0 Å². The van der Waals surface area contributed by atoms with Crippen LogP contribution in [0.1, 0.15) is 83.1 Å². The first-order chi connectivity index (χ1) is 24.3. The van der Waals surface area contributed by atoms with E-state index in [-0.39, 0.29) is 29.8 Å². The molecule has 18 atom stereocenters. The van der Waals surface area contributed by atoms with Crippen LogP contribution in [0.5, 0.6) is 0 Å². The second-order valence-corrected chi connectivity index (χ2v) is 16.3. The SMILES string of the molecule is CO[C@@H]1[C@@H](O)[C@H](C)O[C@@H](O[C@H]2CC[C@@]3(C=O)[C@@H](CC[C@@H]4[C@@H]3CC[C@]3(C)[C@@H](c5ccc(=O)oc5)CC[C@]43O)C2)[C@H]1O[C@@H]1O[C@H](CO)[C@@H](O)[C@H](O)[C@H]1O. The van der Waals surface area contributed by atoms with Gasteiger partial charge < -0.3 is 63.5 Å². The number of ether oxygens (including phenoxy) is 5. The molecule has 0 unspecified atom stereocenters. The molecule has 4 saturated carbocycles. The lowest BCUT2D eigenvalue weighted by Crippen LogP contribution is -2.65. The number of methoxy groups -OCH3 is 1. The normalized spacial score (nSPS) is 51.3. The van der Waals surface area contributed by atoms with Crippen molar-refractivity contribution in [3.63, 3.8) is 0 Å². The van der Waals surface area contributed by atoms with E-state index in [1.165, 1.54) is 19.4 Å². The first kappa shape index (κ1) is 37.5. The van der Waals surface area contributed by atoms with Gasteiger partial charge in [0.25, 0.3) is 0 Å². The summed E-state index contributed by atoms with van der Waals surface area (Å²) in [5, 5.41) is 64.5. The van der Waals surface area contributed by atoms with Crippen LogP contribution in [0.4, 0.5) is 0 Å². The smallest absolute Gasteiger partial charge is 0.335 e. The number of aldehydes is 1. The number of hydrogen-bond donors (Lipinski definition) is 6. The molecule has 6 N–H and O–H groups in total. The third-order valence-corrected chi connectivity index (χ3v) is 14.2. The fourth-order valence-corrected chi connectivity index (χ4v) is 11.4. The molecule has 286 valence electrons. The van der Waals surface area contributed by atoms with Gasteiger partial charge in [-0.15, -0.1) is 0 Å². The van der Waals surface area contributed by atoms with Gasteiger partial charge in [0.05, 0.1) is 30.7 Å². The van der Waals surface area contributed by atoms with Crippen molar-refractivity contribution in [2.75, 3.05) is 13.7 Å². The number of fused-ring (bicyclic) bond motifs is 5. The third-order valence-electron chi connectivity index (χ3n) is 14.2. The van der Waals surface area contributed by atoms with Crippen molar-refractivity contribution in [3.8, 4) is 0 Å². The molecule has 3 heterocycles. The molecule has 0 bridgehead atoms. The third kappa shape index (κ3) is 5.97. The average molecular weight is 723 g/mol. The molecule has 2 aliphatic heterocycles. The van der Waals surface area contributed by atoms with Crippen LogP contribution >= 0.6 is 0 Å². The Morgan fingerprint density at radius 3 is 2.35 bits per heavy atom. The second-order valence-electron chi connectivity index (χ2n) is 16.3. The molecule has 51 heavy (non-hydrogen) atoms. The summed E-state index contributed by atoms with van der Waals surface area (Å²) in [5.74, 6) is 0.0330. The highest BCUT2D eigenvalue weighted by Gasteiger charge is 2.68. The molecular formula is C37H54O14. The van der Waals surface area contributed by atoms with E-state index in [0.717, 1.165) is 44.0 Å². The van der Waals surface area contributed by atoms with Gasteiger partial charge in [-0.05, 0) is 100 Å². The molecule has 14 nitrogen and oxygen atoms in total. The molecule has 0 amide bonds. The molecule has 4 aliphatic carbocycles. The predicted octanol–water partition coefficient (Wildman–Crippen LogP) is 0.751. The van der Waals surface area contributed by atoms with Crippen LogP contribution in [0.15, 0.2) is 27.6 Å². The number of aliphatic hydroxyl groups is 6. The maximum absolute atomic E-state index is 13.3. The summed E-state index contributed by atoms with van der Waals surface area (Å²) in [6, 6.07) is 3.26. The number of rotatable bonds is 8. The molecule has 14 heteroatoms. The molecule has 0 radical (unpaired) electrons.